The molecular weight excluding hydrogens is 1000 g/mol. The summed E-state index contributed by atoms with van der Waals surface area (Å²) in [4.78, 5) is 52.9. The maximum Gasteiger partial charge on any atom is 0.329 e. The van der Waals surface area contributed by atoms with Crippen LogP contribution in [0, 0.1) is 0 Å². The van der Waals surface area contributed by atoms with Gasteiger partial charge >= 0.3 is 11.9 Å². The second kappa shape index (κ2) is 54.7. The number of nitrogens with one attached hydrogen (secondary N) is 2. The smallest absolute Gasteiger partial charge is 0.329 e. The summed E-state index contributed by atoms with van der Waals surface area (Å²) >= 11 is 0. The van der Waals surface area contributed by atoms with E-state index in [-0.39, 0.29) is 43.8 Å². The fourth-order valence-electron chi connectivity index (χ4n) is 7.05. The lowest BCUT2D eigenvalue weighted by Gasteiger charge is -2.24. The van der Waals surface area contributed by atoms with Gasteiger partial charge in [0.15, 0.2) is 0 Å². The number of hydrogen-bond acceptors (Lipinski definition) is 18. The van der Waals surface area contributed by atoms with Gasteiger partial charge < -0.3 is 72.2 Å². The number of hydrogen-bond donors (Lipinski definition) is 2. The van der Waals surface area contributed by atoms with E-state index in [0.717, 1.165) is 38.5 Å². The summed E-state index contributed by atoms with van der Waals surface area (Å²) in [5.41, 5.74) is 7.01. The molecule has 0 aromatic rings. The van der Waals surface area contributed by atoms with Gasteiger partial charge in [0.25, 0.3) is 0 Å². The van der Waals surface area contributed by atoms with Crippen molar-refractivity contribution in [3.05, 3.63) is 10.4 Å². The molecule has 0 fully saturated rings. The number of carbonyl (C=O) groups is 4. The number of ether oxygens (including phenoxy) is 13. The van der Waals surface area contributed by atoms with Crippen molar-refractivity contribution in [1.82, 2.24) is 10.6 Å². The molecule has 0 rings (SSSR count). The molecule has 0 bridgehead atoms. The van der Waals surface area contributed by atoms with E-state index < -0.39 is 23.2 Å². The predicted molar refractivity (Wildman–Crippen MR) is 293 cm³/mol. The van der Waals surface area contributed by atoms with Crippen LogP contribution >= 0.6 is 0 Å². The predicted octanol–water partition coefficient (Wildman–Crippen LogP) is 7.79. The lowest BCUT2D eigenvalue weighted by molar-refractivity contribution is -0.159. The second-order valence-corrected chi connectivity index (χ2v) is 20.3. The van der Waals surface area contributed by atoms with Crippen LogP contribution in [0.2, 0.25) is 0 Å². The van der Waals surface area contributed by atoms with Gasteiger partial charge in [-0.2, -0.15) is 0 Å². The van der Waals surface area contributed by atoms with E-state index in [1.54, 1.807) is 20.8 Å². The molecule has 0 aliphatic carbocycles. The highest BCUT2D eigenvalue weighted by atomic mass is 16.6. The minimum Gasteiger partial charge on any atom is -0.460 e. The molecule has 77 heavy (non-hydrogen) atoms. The third kappa shape index (κ3) is 60.2. The van der Waals surface area contributed by atoms with Crippen molar-refractivity contribution < 1.29 is 80.8 Å². The Morgan fingerprint density at radius 3 is 1.03 bits per heavy atom. The number of rotatable bonds is 58. The Morgan fingerprint density at radius 1 is 0.403 bits per heavy atom. The van der Waals surface area contributed by atoms with Crippen molar-refractivity contribution in [2.75, 3.05) is 158 Å². The number of amides is 2. The van der Waals surface area contributed by atoms with Gasteiger partial charge in [0.2, 0.25) is 11.8 Å². The minimum atomic E-state index is -1.08. The molecule has 0 saturated carbocycles. The summed E-state index contributed by atoms with van der Waals surface area (Å²) in [6, 6.07) is -1.08. The second-order valence-electron chi connectivity index (χ2n) is 20.3. The Labute approximate surface area is 462 Å². The zero-order chi connectivity index (χ0) is 56.6. The number of unbranched alkanes of at least 4 members (excludes halogenated alkanes) is 14. The van der Waals surface area contributed by atoms with E-state index in [9.17, 15) is 19.2 Å². The molecule has 0 spiro atoms. The average molecular weight is 1110 g/mol. The maximum absolute atomic E-state index is 12.9. The SMILES string of the molecule is CC(C)(C)OC(=O)CCCCCCCCCCCCCCCCCC(=O)N[C@@H](CC(=O)NCCOCCOCCOCCOCCOCCOCCOCCOCCOCCOCCOCCN=[N+]=[N-])C(=O)OC(C)(C)C. The molecule has 0 aliphatic rings. The first-order valence-electron chi connectivity index (χ1n) is 28.6. The Morgan fingerprint density at radius 2 is 0.701 bits per heavy atom. The molecule has 22 heteroatoms. The summed E-state index contributed by atoms with van der Waals surface area (Å²) in [5.74, 6) is -1.39. The van der Waals surface area contributed by atoms with E-state index in [4.69, 9.17) is 67.1 Å². The van der Waals surface area contributed by atoms with E-state index in [1.165, 1.54) is 57.8 Å². The first kappa shape index (κ1) is 73.8. The van der Waals surface area contributed by atoms with Crippen LogP contribution in [0.15, 0.2) is 5.11 Å². The molecule has 22 nitrogen and oxygen atoms in total. The van der Waals surface area contributed by atoms with Crippen LogP contribution in [0.4, 0.5) is 0 Å². The highest BCUT2D eigenvalue weighted by molar-refractivity contribution is 5.89. The van der Waals surface area contributed by atoms with E-state index >= 15 is 0 Å². The topological polar surface area (TPSA) is 261 Å². The normalized spacial score (nSPS) is 12.1. The maximum atomic E-state index is 12.9. The zero-order valence-corrected chi connectivity index (χ0v) is 48.6. The fraction of sp³-hybridized carbons (Fsp3) is 0.927. The molecule has 0 heterocycles. The lowest BCUT2D eigenvalue weighted by atomic mass is 10.0. The Balaban J connectivity index is 3.69. The van der Waals surface area contributed by atoms with Crippen molar-refractivity contribution in [2.24, 2.45) is 5.11 Å². The third-order valence-corrected chi connectivity index (χ3v) is 10.8. The number of esters is 2. The Kier molecular flexibility index (Phi) is 52.4. The van der Waals surface area contributed by atoms with Gasteiger partial charge in [-0.25, -0.2) is 4.79 Å². The largest absolute Gasteiger partial charge is 0.460 e. The molecule has 2 N–H and O–H groups in total. The monoisotopic (exact) mass is 1110 g/mol. The summed E-state index contributed by atoms with van der Waals surface area (Å²) in [7, 11) is 0. The van der Waals surface area contributed by atoms with Gasteiger partial charge in [0, 0.05) is 30.8 Å². The first-order chi connectivity index (χ1) is 37.2. The lowest BCUT2D eigenvalue weighted by Crippen LogP contribution is -2.47. The molecule has 0 aromatic heterocycles. The van der Waals surface area contributed by atoms with Crippen molar-refractivity contribution >= 4 is 23.8 Å². The summed E-state index contributed by atoms with van der Waals surface area (Å²) < 4.78 is 71.0. The quantitative estimate of drug-likeness (QED) is 0.0194. The molecule has 0 aromatic carbocycles. The van der Waals surface area contributed by atoms with Gasteiger partial charge in [0.05, 0.1) is 152 Å². The highest BCUT2D eigenvalue weighted by Crippen LogP contribution is 2.16. The van der Waals surface area contributed by atoms with Crippen molar-refractivity contribution in [3.63, 3.8) is 0 Å². The van der Waals surface area contributed by atoms with Gasteiger partial charge in [-0.3, -0.25) is 14.4 Å². The summed E-state index contributed by atoms with van der Waals surface area (Å²) in [6.07, 6.45) is 17.6. The third-order valence-electron chi connectivity index (χ3n) is 10.8. The van der Waals surface area contributed by atoms with Crippen LogP contribution in [0.3, 0.4) is 0 Å². The van der Waals surface area contributed by atoms with Gasteiger partial charge in [0.1, 0.15) is 17.2 Å². The number of azide groups is 1. The van der Waals surface area contributed by atoms with Crippen LogP contribution in [0.5, 0.6) is 0 Å². The number of nitrogens with zero attached hydrogens (tertiary/aromatic N) is 3. The molecule has 0 unspecified atom stereocenters. The zero-order valence-electron chi connectivity index (χ0n) is 48.6. The average Bonchev–Trinajstić information content (AvgIpc) is 3.37. The van der Waals surface area contributed by atoms with Crippen LogP contribution in [-0.2, 0) is 80.8 Å². The van der Waals surface area contributed by atoms with Crippen molar-refractivity contribution in [3.8, 4) is 0 Å². The van der Waals surface area contributed by atoms with Gasteiger partial charge in [-0.1, -0.05) is 88.6 Å². The summed E-state index contributed by atoms with van der Waals surface area (Å²) in [5, 5.41) is 8.86. The van der Waals surface area contributed by atoms with Crippen molar-refractivity contribution in [2.45, 2.75) is 174 Å². The molecule has 0 saturated heterocycles. The molecule has 452 valence electrons. The Hall–Kier alpha value is -3.25. The standard InChI is InChI=1S/C55H105N5O17/c1-54(2,3)76-52(63)23-21-19-17-15-13-11-9-7-8-10-12-14-16-18-20-22-50(61)59-49(53(64)77-55(4,5)6)48-51(62)57-24-26-65-28-30-67-32-34-69-36-38-71-40-42-73-44-46-75-47-45-74-43-41-72-39-37-70-35-33-68-31-29-66-27-25-58-60-56/h49H,7-48H2,1-6H3,(H,57,62)(H,59,61)/t49-/m0/s1. The highest BCUT2D eigenvalue weighted by Gasteiger charge is 2.28. The number of carbonyl (C=O) groups excluding carboxylic acids is 4. The van der Waals surface area contributed by atoms with E-state index in [0.29, 0.717) is 152 Å². The van der Waals surface area contributed by atoms with Crippen LogP contribution in [0.25, 0.3) is 10.4 Å². The van der Waals surface area contributed by atoms with Crippen molar-refractivity contribution in [1.29, 1.82) is 0 Å². The van der Waals surface area contributed by atoms with Crippen LogP contribution < -0.4 is 10.6 Å². The molecule has 0 radical (unpaired) electrons. The first-order valence-corrected chi connectivity index (χ1v) is 28.6. The summed E-state index contributed by atoms with van der Waals surface area (Å²) in [6.45, 7) is 21.0. The minimum absolute atomic E-state index is 0.0947. The Bertz CT molecular complexity index is 1430. The van der Waals surface area contributed by atoms with E-state index in [2.05, 4.69) is 20.7 Å². The van der Waals surface area contributed by atoms with Gasteiger partial charge in [-0.15, -0.1) is 0 Å². The fourth-order valence-corrected chi connectivity index (χ4v) is 7.05. The molecule has 1 atom stereocenters. The molecule has 2 amide bonds. The van der Waals surface area contributed by atoms with E-state index in [1.807, 2.05) is 20.8 Å². The molecular formula is C55H105N5O17. The van der Waals surface area contributed by atoms with Gasteiger partial charge in [-0.05, 0) is 59.9 Å². The van der Waals surface area contributed by atoms with Crippen LogP contribution in [-0.4, -0.2) is 199 Å². The molecule has 0 aliphatic heterocycles. The van der Waals surface area contributed by atoms with Crippen LogP contribution in [0.1, 0.15) is 157 Å².